The van der Waals surface area contributed by atoms with Crippen LogP contribution in [0.25, 0.3) is 10.4 Å². The number of aromatic hydroxyl groups is 1. The highest BCUT2D eigenvalue weighted by molar-refractivity contribution is 7.16. The second-order valence-corrected chi connectivity index (χ2v) is 10.8. The molecule has 1 aromatic carbocycles. The van der Waals surface area contributed by atoms with Gasteiger partial charge >= 0.3 is 6.36 Å². The first-order valence-electron chi connectivity index (χ1n) is 12.2. The van der Waals surface area contributed by atoms with Crippen LogP contribution in [0.1, 0.15) is 44.7 Å². The molecular formula is C27H27F3N2O5S2. The molecule has 0 amide bonds. The zero-order chi connectivity index (χ0) is 28.0. The molecule has 4 rings (SSSR count). The van der Waals surface area contributed by atoms with Crippen LogP contribution in [-0.2, 0) is 4.74 Å². The summed E-state index contributed by atoms with van der Waals surface area (Å²) in [6.07, 6.45) is -3.62. The summed E-state index contributed by atoms with van der Waals surface area (Å²) in [7, 11) is 0. The van der Waals surface area contributed by atoms with Crippen LogP contribution in [-0.4, -0.2) is 73.0 Å². The second-order valence-electron chi connectivity index (χ2n) is 8.87. The van der Waals surface area contributed by atoms with E-state index in [-0.39, 0.29) is 29.6 Å². The van der Waals surface area contributed by atoms with E-state index in [9.17, 15) is 27.9 Å². The third kappa shape index (κ3) is 7.98. The van der Waals surface area contributed by atoms with E-state index < -0.39 is 6.36 Å². The number of rotatable bonds is 11. The van der Waals surface area contributed by atoms with E-state index in [1.54, 1.807) is 24.4 Å². The first kappa shape index (κ1) is 28.9. The Bertz CT molecular complexity index is 1330. The Hall–Kier alpha value is -3.06. The molecule has 0 unspecified atom stereocenters. The van der Waals surface area contributed by atoms with E-state index in [0.717, 1.165) is 50.6 Å². The normalized spacial score (nSPS) is 14.9. The van der Waals surface area contributed by atoms with Crippen molar-refractivity contribution in [3.8, 4) is 21.9 Å². The lowest BCUT2D eigenvalue weighted by atomic mass is 10.1. The zero-order valence-electron chi connectivity index (χ0n) is 21.1. The maximum Gasteiger partial charge on any atom is 0.573 e. The van der Waals surface area contributed by atoms with Gasteiger partial charge < -0.3 is 14.6 Å². The molecule has 0 bridgehead atoms. The number of morpholine rings is 1. The summed E-state index contributed by atoms with van der Waals surface area (Å²) in [6, 6.07) is 8.50. The Morgan fingerprint density at radius 2 is 1.74 bits per heavy atom. The summed E-state index contributed by atoms with van der Waals surface area (Å²) in [6.45, 7) is 5.56. The number of halogens is 3. The van der Waals surface area contributed by atoms with E-state index in [2.05, 4.69) is 14.6 Å². The predicted molar refractivity (Wildman–Crippen MR) is 145 cm³/mol. The van der Waals surface area contributed by atoms with Crippen LogP contribution >= 0.6 is 22.7 Å². The quantitative estimate of drug-likeness (QED) is 0.219. The van der Waals surface area contributed by atoms with Crippen LogP contribution in [0.4, 0.5) is 13.2 Å². The molecule has 2 aromatic heterocycles. The molecule has 1 fully saturated rings. The molecule has 1 N–H and O–H groups in total. The number of carbonyl (C=O) groups excluding carboxylic acids is 2. The van der Waals surface area contributed by atoms with E-state index in [1.807, 2.05) is 0 Å². The summed E-state index contributed by atoms with van der Waals surface area (Å²) < 4.78 is 46.4. The molecule has 12 heteroatoms. The SMILES string of the molecule is CC(=NCC(=O)c1ccc(C(=O)CCCN2CCOCC2)s1)c1csc(-c2ccc(OC(F)(F)F)cc2)c1O. The van der Waals surface area contributed by atoms with Crippen LogP contribution in [0.2, 0.25) is 0 Å². The minimum atomic E-state index is -4.78. The Morgan fingerprint density at radius 1 is 1.08 bits per heavy atom. The Morgan fingerprint density at radius 3 is 2.41 bits per heavy atom. The smallest absolute Gasteiger partial charge is 0.506 e. The number of carbonyl (C=O) groups is 2. The van der Waals surface area contributed by atoms with Crippen LogP contribution in [0.5, 0.6) is 11.5 Å². The second kappa shape index (κ2) is 12.9. The van der Waals surface area contributed by atoms with Gasteiger partial charge in [-0.25, -0.2) is 0 Å². The molecule has 7 nitrogen and oxygen atoms in total. The lowest BCUT2D eigenvalue weighted by Crippen LogP contribution is -2.36. The number of hydrogen-bond donors (Lipinski definition) is 1. The summed E-state index contributed by atoms with van der Waals surface area (Å²) in [5.41, 5.74) is 1.39. The minimum Gasteiger partial charge on any atom is -0.506 e. The molecular weight excluding hydrogens is 553 g/mol. The lowest BCUT2D eigenvalue weighted by molar-refractivity contribution is -0.274. The number of aliphatic imine (C=N–C) groups is 1. The van der Waals surface area contributed by atoms with Crippen molar-refractivity contribution in [3.05, 3.63) is 57.1 Å². The predicted octanol–water partition coefficient (Wildman–Crippen LogP) is 6.07. The average Bonchev–Trinajstić information content (AvgIpc) is 3.55. The standard InChI is InChI=1S/C27H27F3N2O5S2/c1-17(20-16-38-26(25(20)35)18-4-6-19(7-5-18)37-27(28,29)30)31-15-22(34)24-9-8-23(39-24)21(33)3-2-10-32-11-13-36-14-12-32/h4-9,16,35H,2-3,10-15H2,1H3. The highest BCUT2D eigenvalue weighted by atomic mass is 32.1. The van der Waals surface area contributed by atoms with Crippen molar-refractivity contribution < 1.29 is 37.3 Å². The van der Waals surface area contributed by atoms with Crippen molar-refractivity contribution in [1.29, 1.82) is 0 Å². The fourth-order valence-corrected chi connectivity index (χ4v) is 5.94. The Balaban J connectivity index is 1.32. The molecule has 0 radical (unpaired) electrons. The Labute approximate surface area is 231 Å². The molecule has 3 heterocycles. The van der Waals surface area contributed by atoms with Crippen LogP contribution < -0.4 is 4.74 Å². The highest BCUT2D eigenvalue weighted by Gasteiger charge is 2.31. The fraction of sp³-hybridized carbons (Fsp3) is 0.370. The van der Waals surface area contributed by atoms with Crippen LogP contribution in [0, 0.1) is 0 Å². The van der Waals surface area contributed by atoms with Gasteiger partial charge in [0.15, 0.2) is 11.6 Å². The summed E-state index contributed by atoms with van der Waals surface area (Å²) >= 11 is 2.37. The molecule has 1 saturated heterocycles. The molecule has 0 aliphatic carbocycles. The molecule has 1 aliphatic heterocycles. The topological polar surface area (TPSA) is 88.4 Å². The number of ether oxygens (including phenoxy) is 2. The van der Waals surface area contributed by atoms with Gasteiger partial charge in [-0.05, 0) is 61.9 Å². The number of hydrogen-bond acceptors (Lipinski definition) is 9. The van der Waals surface area contributed by atoms with Gasteiger partial charge in [0.05, 0.1) is 27.8 Å². The van der Waals surface area contributed by atoms with E-state index >= 15 is 0 Å². The van der Waals surface area contributed by atoms with Gasteiger partial charge in [-0.3, -0.25) is 19.5 Å². The molecule has 39 heavy (non-hydrogen) atoms. The van der Waals surface area contributed by atoms with Crippen molar-refractivity contribution in [2.75, 3.05) is 39.4 Å². The van der Waals surface area contributed by atoms with Crippen molar-refractivity contribution in [2.24, 2.45) is 4.99 Å². The molecule has 208 valence electrons. The number of Topliss-reactive ketones (excluding diaryl/α,β-unsaturated/α-hetero) is 2. The maximum absolute atomic E-state index is 12.7. The summed E-state index contributed by atoms with van der Waals surface area (Å²) in [5, 5.41) is 12.4. The Kier molecular flexibility index (Phi) is 9.54. The van der Waals surface area contributed by atoms with Crippen LogP contribution in [0.15, 0.2) is 46.8 Å². The van der Waals surface area contributed by atoms with Gasteiger partial charge in [-0.1, -0.05) is 0 Å². The van der Waals surface area contributed by atoms with Crippen molar-refractivity contribution >= 4 is 40.0 Å². The largest absolute Gasteiger partial charge is 0.573 e. The van der Waals surface area contributed by atoms with Gasteiger partial charge in [0.2, 0.25) is 0 Å². The maximum atomic E-state index is 12.7. The number of benzene rings is 1. The van der Waals surface area contributed by atoms with Crippen molar-refractivity contribution in [1.82, 2.24) is 4.90 Å². The summed E-state index contributed by atoms with van der Waals surface area (Å²) in [5.74, 6) is -0.646. The van der Waals surface area contributed by atoms with E-state index in [1.165, 1.54) is 35.6 Å². The molecule has 0 atom stereocenters. The molecule has 0 saturated carbocycles. The third-order valence-corrected chi connectivity index (χ3v) is 8.29. The lowest BCUT2D eigenvalue weighted by Gasteiger charge is -2.26. The van der Waals surface area contributed by atoms with E-state index in [4.69, 9.17) is 4.74 Å². The first-order chi connectivity index (χ1) is 18.6. The van der Waals surface area contributed by atoms with Gasteiger partial charge in [-0.2, -0.15) is 0 Å². The highest BCUT2D eigenvalue weighted by Crippen LogP contribution is 2.39. The number of nitrogens with zero attached hydrogens (tertiary/aromatic N) is 2. The third-order valence-electron chi connectivity index (χ3n) is 6.10. The van der Waals surface area contributed by atoms with Gasteiger partial charge in [0.1, 0.15) is 18.0 Å². The van der Waals surface area contributed by atoms with Crippen LogP contribution in [0.3, 0.4) is 0 Å². The van der Waals surface area contributed by atoms with E-state index in [0.29, 0.717) is 37.9 Å². The molecule has 0 spiro atoms. The fourth-order valence-electron chi connectivity index (χ4n) is 4.02. The van der Waals surface area contributed by atoms with Gasteiger partial charge in [0.25, 0.3) is 0 Å². The molecule has 3 aromatic rings. The average molecular weight is 581 g/mol. The van der Waals surface area contributed by atoms with Gasteiger partial charge in [-0.15, -0.1) is 35.8 Å². The van der Waals surface area contributed by atoms with Crippen molar-refractivity contribution in [2.45, 2.75) is 26.1 Å². The number of alkyl halides is 3. The molecule has 1 aliphatic rings. The minimum absolute atomic E-state index is 0.0146. The first-order valence-corrected chi connectivity index (χ1v) is 13.9. The summed E-state index contributed by atoms with van der Waals surface area (Å²) in [4.78, 5) is 33.3. The number of ketones is 2. The monoisotopic (exact) mass is 580 g/mol. The number of thiophene rings is 2. The zero-order valence-corrected chi connectivity index (χ0v) is 22.8. The van der Waals surface area contributed by atoms with Crippen molar-refractivity contribution in [3.63, 3.8) is 0 Å². The van der Waals surface area contributed by atoms with Gasteiger partial charge in [0, 0.05) is 36.2 Å².